The Bertz CT molecular complexity index is 948. The van der Waals surface area contributed by atoms with Gasteiger partial charge < -0.3 is 10.1 Å². The maximum Gasteiger partial charge on any atom is 0.270 e. The molecule has 0 bridgehead atoms. The normalized spacial score (nSPS) is 10.6. The molecule has 1 amide bonds. The molecule has 0 aromatic carbocycles. The lowest BCUT2D eigenvalue weighted by Gasteiger charge is -2.07. The number of ether oxygens (including phenoxy) is 1. The first-order valence-electron chi connectivity index (χ1n) is 7.33. The highest BCUT2D eigenvalue weighted by atomic mass is 16.5. The van der Waals surface area contributed by atoms with Gasteiger partial charge in [0.1, 0.15) is 11.2 Å². The third-order valence-corrected chi connectivity index (χ3v) is 3.55. The van der Waals surface area contributed by atoms with Crippen molar-refractivity contribution in [2.24, 2.45) is 0 Å². The van der Waals surface area contributed by atoms with Crippen LogP contribution < -0.4 is 15.6 Å². The van der Waals surface area contributed by atoms with E-state index >= 15 is 0 Å². The minimum atomic E-state index is -0.473. The first kappa shape index (κ1) is 15.7. The van der Waals surface area contributed by atoms with Gasteiger partial charge in [0, 0.05) is 31.2 Å². The highest BCUT2D eigenvalue weighted by Gasteiger charge is 2.13. The summed E-state index contributed by atoms with van der Waals surface area (Å²) in [4.78, 5) is 33.0. The van der Waals surface area contributed by atoms with Gasteiger partial charge in [-0.25, -0.2) is 9.97 Å². The van der Waals surface area contributed by atoms with Crippen LogP contribution in [0.1, 0.15) is 21.5 Å². The lowest BCUT2D eigenvalue weighted by molar-refractivity contribution is 0.0949. The van der Waals surface area contributed by atoms with Crippen LogP contribution in [0.2, 0.25) is 0 Å². The smallest absolute Gasteiger partial charge is 0.270 e. The van der Waals surface area contributed by atoms with Crippen molar-refractivity contribution in [3.63, 3.8) is 0 Å². The van der Waals surface area contributed by atoms with Gasteiger partial charge in [0.05, 0.1) is 7.11 Å². The van der Waals surface area contributed by atoms with Crippen molar-refractivity contribution in [3.05, 3.63) is 69.9 Å². The van der Waals surface area contributed by atoms with Crippen LogP contribution in [-0.4, -0.2) is 27.4 Å². The Morgan fingerprint density at radius 1 is 1.21 bits per heavy atom. The average molecular weight is 324 g/mol. The number of methoxy groups -OCH3 is 1. The van der Waals surface area contributed by atoms with E-state index in [1.807, 2.05) is 13.0 Å². The lowest BCUT2D eigenvalue weighted by Crippen LogP contribution is -2.31. The average Bonchev–Trinajstić information content (AvgIpc) is 2.61. The number of aryl methyl sites for hydroxylation is 1. The Morgan fingerprint density at radius 3 is 2.75 bits per heavy atom. The molecule has 0 fully saturated rings. The number of hydrogen-bond donors (Lipinski definition) is 1. The minimum Gasteiger partial charge on any atom is -0.481 e. The fourth-order valence-electron chi connectivity index (χ4n) is 2.25. The first-order valence-corrected chi connectivity index (χ1v) is 7.33. The molecule has 7 nitrogen and oxygen atoms in total. The van der Waals surface area contributed by atoms with Crippen molar-refractivity contribution >= 4 is 11.6 Å². The van der Waals surface area contributed by atoms with Gasteiger partial charge >= 0.3 is 0 Å². The monoisotopic (exact) mass is 324 g/mol. The lowest BCUT2D eigenvalue weighted by atomic mass is 10.2. The zero-order valence-electron chi connectivity index (χ0n) is 13.3. The zero-order valence-corrected chi connectivity index (χ0v) is 13.3. The molecule has 24 heavy (non-hydrogen) atoms. The molecule has 0 aliphatic carbocycles. The van der Waals surface area contributed by atoms with Crippen molar-refractivity contribution in [2.75, 3.05) is 7.11 Å². The van der Waals surface area contributed by atoms with Crippen LogP contribution in [0.15, 0.2) is 47.7 Å². The molecule has 3 rings (SSSR count). The van der Waals surface area contributed by atoms with E-state index in [4.69, 9.17) is 4.74 Å². The largest absolute Gasteiger partial charge is 0.481 e. The molecule has 0 unspecified atom stereocenters. The Morgan fingerprint density at radius 2 is 2.04 bits per heavy atom. The minimum absolute atomic E-state index is 0.000397. The number of carbonyl (C=O) groups is 1. The van der Waals surface area contributed by atoms with E-state index in [1.165, 1.54) is 17.7 Å². The van der Waals surface area contributed by atoms with Crippen LogP contribution in [0.5, 0.6) is 5.88 Å². The zero-order chi connectivity index (χ0) is 17.1. The number of nitrogens with one attached hydrogen (secondary N) is 1. The number of aromatic nitrogens is 3. The van der Waals surface area contributed by atoms with Gasteiger partial charge in [-0.3, -0.25) is 14.0 Å². The predicted molar refractivity (Wildman–Crippen MR) is 88.2 cm³/mol. The fourth-order valence-corrected chi connectivity index (χ4v) is 2.25. The molecule has 1 N–H and O–H groups in total. The molecular weight excluding hydrogens is 308 g/mol. The number of pyridine rings is 2. The molecule has 0 atom stereocenters. The molecular formula is C17H16N4O3. The third kappa shape index (κ3) is 3.10. The fraction of sp³-hybridized carbons (Fsp3) is 0.176. The van der Waals surface area contributed by atoms with Crippen LogP contribution in [0.4, 0.5) is 0 Å². The van der Waals surface area contributed by atoms with Crippen LogP contribution in [0.3, 0.4) is 0 Å². The second kappa shape index (κ2) is 6.49. The Labute approximate surface area is 138 Å². The number of rotatable bonds is 4. The summed E-state index contributed by atoms with van der Waals surface area (Å²) in [5.41, 5.74) is 1.82. The molecule has 0 spiro atoms. The standard InChI is InChI=1S/C17H16N4O3/c1-11-3-5-14-18-9-13(17(23)21(14)10-11)16(22)20-8-12-4-6-15(24-2)19-7-12/h3-7,9-10H,8H2,1-2H3,(H,20,22). The van der Waals surface area contributed by atoms with E-state index in [-0.39, 0.29) is 12.1 Å². The van der Waals surface area contributed by atoms with Crippen LogP contribution in [-0.2, 0) is 6.54 Å². The second-order valence-electron chi connectivity index (χ2n) is 5.30. The van der Waals surface area contributed by atoms with E-state index < -0.39 is 11.5 Å². The van der Waals surface area contributed by atoms with Crippen molar-refractivity contribution < 1.29 is 9.53 Å². The maximum absolute atomic E-state index is 12.5. The Hall–Kier alpha value is -3.22. The number of amides is 1. The molecule has 3 aromatic heterocycles. The summed E-state index contributed by atoms with van der Waals surface area (Å²) < 4.78 is 6.35. The Balaban J connectivity index is 1.80. The van der Waals surface area contributed by atoms with Crippen LogP contribution in [0, 0.1) is 6.92 Å². The summed E-state index contributed by atoms with van der Waals surface area (Å²) in [7, 11) is 1.53. The molecule has 0 saturated heterocycles. The van der Waals surface area contributed by atoms with Gasteiger partial charge in [0.25, 0.3) is 11.5 Å². The summed E-state index contributed by atoms with van der Waals surface area (Å²) in [6.07, 6.45) is 4.57. The van der Waals surface area contributed by atoms with E-state index in [0.29, 0.717) is 11.5 Å². The van der Waals surface area contributed by atoms with Crippen molar-refractivity contribution in [2.45, 2.75) is 13.5 Å². The van der Waals surface area contributed by atoms with Gasteiger partial charge in [-0.15, -0.1) is 0 Å². The second-order valence-corrected chi connectivity index (χ2v) is 5.30. The topological polar surface area (TPSA) is 85.6 Å². The van der Waals surface area contributed by atoms with Gasteiger partial charge in [0.15, 0.2) is 0 Å². The number of nitrogens with zero attached hydrogens (tertiary/aromatic N) is 3. The van der Waals surface area contributed by atoms with Crippen molar-refractivity contribution in [1.29, 1.82) is 0 Å². The van der Waals surface area contributed by atoms with Gasteiger partial charge in [0.2, 0.25) is 5.88 Å². The van der Waals surface area contributed by atoms with Gasteiger partial charge in [-0.2, -0.15) is 0 Å². The summed E-state index contributed by atoms with van der Waals surface area (Å²) in [6.45, 7) is 2.13. The van der Waals surface area contributed by atoms with E-state index in [1.54, 1.807) is 30.6 Å². The van der Waals surface area contributed by atoms with E-state index in [2.05, 4.69) is 15.3 Å². The third-order valence-electron chi connectivity index (χ3n) is 3.55. The quantitative estimate of drug-likeness (QED) is 0.782. The highest BCUT2D eigenvalue weighted by molar-refractivity contribution is 5.93. The molecule has 0 radical (unpaired) electrons. The van der Waals surface area contributed by atoms with Gasteiger partial charge in [-0.05, 0) is 24.1 Å². The molecule has 3 aromatic rings. The van der Waals surface area contributed by atoms with E-state index in [0.717, 1.165) is 11.1 Å². The summed E-state index contributed by atoms with van der Waals surface area (Å²) in [5, 5.41) is 2.70. The molecule has 3 heterocycles. The highest BCUT2D eigenvalue weighted by Crippen LogP contribution is 2.06. The van der Waals surface area contributed by atoms with Crippen molar-refractivity contribution in [1.82, 2.24) is 19.7 Å². The Kier molecular flexibility index (Phi) is 4.24. The van der Waals surface area contributed by atoms with Crippen LogP contribution >= 0.6 is 0 Å². The molecule has 7 heteroatoms. The van der Waals surface area contributed by atoms with Crippen LogP contribution in [0.25, 0.3) is 5.65 Å². The number of fused-ring (bicyclic) bond motifs is 1. The number of carbonyl (C=O) groups excluding carboxylic acids is 1. The number of hydrogen-bond acceptors (Lipinski definition) is 5. The molecule has 0 aliphatic heterocycles. The van der Waals surface area contributed by atoms with Crippen molar-refractivity contribution in [3.8, 4) is 5.88 Å². The summed E-state index contributed by atoms with van der Waals surface area (Å²) >= 11 is 0. The maximum atomic E-state index is 12.5. The first-order chi connectivity index (χ1) is 11.6. The summed E-state index contributed by atoms with van der Waals surface area (Å²) in [5.74, 6) is 0.0247. The predicted octanol–water partition coefficient (Wildman–Crippen LogP) is 1.34. The van der Waals surface area contributed by atoms with E-state index in [9.17, 15) is 9.59 Å². The van der Waals surface area contributed by atoms with Gasteiger partial charge in [-0.1, -0.05) is 12.1 Å². The summed E-state index contributed by atoms with van der Waals surface area (Å²) in [6, 6.07) is 7.09. The molecule has 0 saturated carbocycles. The SMILES string of the molecule is COc1ccc(CNC(=O)c2cnc3ccc(C)cn3c2=O)cn1. The molecule has 0 aliphatic rings. The molecule has 122 valence electrons.